The molecule has 0 unspecified atom stereocenters. The van der Waals surface area contributed by atoms with Crippen LogP contribution in [0.4, 0.5) is 21.9 Å². The van der Waals surface area contributed by atoms with Crippen LogP contribution in [0.2, 0.25) is 0 Å². The summed E-state index contributed by atoms with van der Waals surface area (Å²) in [5, 5.41) is 5.79. The molecule has 0 bridgehead atoms. The molecule has 1 heterocycles. The molecule has 2 aromatic rings. The Morgan fingerprint density at radius 1 is 0.889 bits per heavy atom. The zero-order valence-corrected chi connectivity index (χ0v) is 16.1. The van der Waals surface area contributed by atoms with E-state index in [2.05, 4.69) is 21.6 Å². The first-order valence-electron chi connectivity index (χ1n) is 9.18. The first kappa shape index (κ1) is 18.8. The molecule has 27 heavy (non-hydrogen) atoms. The van der Waals surface area contributed by atoms with Gasteiger partial charge in [0.2, 0.25) is 5.91 Å². The number of hydrogen-bond acceptors (Lipinski definition) is 3. The van der Waals surface area contributed by atoms with Crippen molar-refractivity contribution in [3.05, 3.63) is 53.6 Å². The molecule has 1 aliphatic heterocycles. The van der Waals surface area contributed by atoms with Crippen LogP contribution in [-0.2, 0) is 4.79 Å². The SMILES string of the molecule is CC(=O)Nc1ccc(N2CCN(C(=O)Nc3ccc(C)cc3C)CC2)cc1. The second-order valence-corrected chi connectivity index (χ2v) is 6.95. The third-order valence-electron chi connectivity index (χ3n) is 4.74. The maximum atomic E-state index is 12.6. The second-order valence-electron chi connectivity index (χ2n) is 6.95. The van der Waals surface area contributed by atoms with Gasteiger partial charge in [-0.3, -0.25) is 4.79 Å². The highest BCUT2D eigenvalue weighted by Crippen LogP contribution is 2.21. The van der Waals surface area contributed by atoms with Crippen molar-refractivity contribution in [1.29, 1.82) is 0 Å². The van der Waals surface area contributed by atoms with Gasteiger partial charge in [0.1, 0.15) is 0 Å². The van der Waals surface area contributed by atoms with Gasteiger partial charge in [0.25, 0.3) is 0 Å². The highest BCUT2D eigenvalue weighted by atomic mass is 16.2. The van der Waals surface area contributed by atoms with Crippen molar-refractivity contribution in [2.24, 2.45) is 0 Å². The van der Waals surface area contributed by atoms with E-state index in [4.69, 9.17) is 0 Å². The van der Waals surface area contributed by atoms with Crippen LogP contribution in [0.1, 0.15) is 18.1 Å². The predicted molar refractivity (Wildman–Crippen MR) is 109 cm³/mol. The highest BCUT2D eigenvalue weighted by Gasteiger charge is 2.21. The molecular formula is C21H26N4O2. The van der Waals surface area contributed by atoms with E-state index < -0.39 is 0 Å². The van der Waals surface area contributed by atoms with Crippen LogP contribution < -0.4 is 15.5 Å². The minimum atomic E-state index is -0.0776. The summed E-state index contributed by atoms with van der Waals surface area (Å²) in [6.07, 6.45) is 0. The standard InChI is InChI=1S/C21H26N4O2/c1-15-4-9-20(16(2)14-15)23-21(27)25-12-10-24(11-13-25)19-7-5-18(6-8-19)22-17(3)26/h4-9,14H,10-13H2,1-3H3,(H,22,26)(H,23,27). The van der Waals surface area contributed by atoms with Crippen LogP contribution in [-0.4, -0.2) is 43.0 Å². The first-order valence-corrected chi connectivity index (χ1v) is 9.18. The lowest BCUT2D eigenvalue weighted by Crippen LogP contribution is -2.50. The Morgan fingerprint density at radius 3 is 2.15 bits per heavy atom. The summed E-state index contributed by atoms with van der Waals surface area (Å²) in [6, 6.07) is 13.8. The molecule has 2 N–H and O–H groups in total. The smallest absolute Gasteiger partial charge is 0.321 e. The van der Waals surface area contributed by atoms with Crippen LogP contribution >= 0.6 is 0 Å². The summed E-state index contributed by atoms with van der Waals surface area (Å²) < 4.78 is 0. The zero-order chi connectivity index (χ0) is 19.4. The second kappa shape index (κ2) is 8.12. The topological polar surface area (TPSA) is 64.7 Å². The lowest BCUT2D eigenvalue weighted by atomic mass is 10.1. The van der Waals surface area contributed by atoms with Gasteiger partial charge >= 0.3 is 6.03 Å². The van der Waals surface area contributed by atoms with Crippen molar-refractivity contribution >= 4 is 29.0 Å². The maximum Gasteiger partial charge on any atom is 0.321 e. The highest BCUT2D eigenvalue weighted by molar-refractivity contribution is 5.90. The van der Waals surface area contributed by atoms with Crippen molar-refractivity contribution in [2.75, 3.05) is 41.7 Å². The minimum Gasteiger partial charge on any atom is -0.368 e. The zero-order valence-electron chi connectivity index (χ0n) is 16.1. The van der Waals surface area contributed by atoms with Gasteiger partial charge in [-0.2, -0.15) is 0 Å². The molecule has 0 aromatic heterocycles. The number of benzene rings is 2. The number of amides is 3. The number of aryl methyl sites for hydroxylation is 2. The molecule has 1 aliphatic rings. The molecule has 1 fully saturated rings. The Morgan fingerprint density at radius 2 is 1.56 bits per heavy atom. The van der Waals surface area contributed by atoms with E-state index in [1.807, 2.05) is 55.1 Å². The number of urea groups is 1. The normalized spacial score (nSPS) is 14.0. The number of anilines is 3. The summed E-state index contributed by atoms with van der Waals surface area (Å²) >= 11 is 0. The molecule has 6 nitrogen and oxygen atoms in total. The minimum absolute atomic E-state index is 0.0531. The third kappa shape index (κ3) is 4.78. The van der Waals surface area contributed by atoms with Crippen molar-refractivity contribution in [1.82, 2.24) is 4.90 Å². The molecule has 142 valence electrons. The van der Waals surface area contributed by atoms with Gasteiger partial charge in [0, 0.05) is 50.2 Å². The van der Waals surface area contributed by atoms with Crippen LogP contribution in [0.25, 0.3) is 0 Å². The predicted octanol–water partition coefficient (Wildman–Crippen LogP) is 3.62. The van der Waals surface area contributed by atoms with E-state index in [1.165, 1.54) is 12.5 Å². The maximum absolute atomic E-state index is 12.6. The van der Waals surface area contributed by atoms with Crippen LogP contribution in [0.5, 0.6) is 0 Å². The Kier molecular flexibility index (Phi) is 5.64. The van der Waals surface area contributed by atoms with Crippen molar-refractivity contribution in [3.63, 3.8) is 0 Å². The van der Waals surface area contributed by atoms with Crippen molar-refractivity contribution in [2.45, 2.75) is 20.8 Å². The van der Waals surface area contributed by atoms with Crippen molar-refractivity contribution < 1.29 is 9.59 Å². The number of nitrogens with one attached hydrogen (secondary N) is 2. The number of piperazine rings is 1. The molecule has 0 radical (unpaired) electrons. The molecule has 0 saturated carbocycles. The molecule has 3 rings (SSSR count). The fourth-order valence-electron chi connectivity index (χ4n) is 3.27. The summed E-state index contributed by atoms with van der Waals surface area (Å²) in [5.41, 5.74) is 5.00. The quantitative estimate of drug-likeness (QED) is 0.872. The van der Waals surface area contributed by atoms with E-state index in [-0.39, 0.29) is 11.9 Å². The summed E-state index contributed by atoms with van der Waals surface area (Å²) in [7, 11) is 0. The monoisotopic (exact) mass is 366 g/mol. The molecular weight excluding hydrogens is 340 g/mol. The number of carbonyl (C=O) groups excluding carboxylic acids is 2. The van der Waals surface area contributed by atoms with Gasteiger partial charge in [-0.25, -0.2) is 4.79 Å². The fourth-order valence-corrected chi connectivity index (χ4v) is 3.27. The number of nitrogens with zero attached hydrogens (tertiary/aromatic N) is 2. The first-order chi connectivity index (χ1) is 12.9. The van der Waals surface area contributed by atoms with E-state index in [9.17, 15) is 9.59 Å². The Hall–Kier alpha value is -3.02. The average Bonchev–Trinajstić information content (AvgIpc) is 2.64. The van der Waals surface area contributed by atoms with Gasteiger partial charge in [-0.15, -0.1) is 0 Å². The Bertz CT molecular complexity index is 825. The third-order valence-corrected chi connectivity index (χ3v) is 4.74. The molecule has 6 heteroatoms. The van der Waals surface area contributed by atoms with E-state index in [0.717, 1.165) is 35.7 Å². The molecule has 0 aliphatic carbocycles. The molecule has 1 saturated heterocycles. The average molecular weight is 366 g/mol. The summed E-state index contributed by atoms with van der Waals surface area (Å²) in [5.74, 6) is -0.0776. The van der Waals surface area contributed by atoms with Crippen molar-refractivity contribution in [3.8, 4) is 0 Å². The Balaban J connectivity index is 1.55. The lowest BCUT2D eigenvalue weighted by Gasteiger charge is -2.36. The number of carbonyl (C=O) groups is 2. The van der Waals surface area contributed by atoms with E-state index in [0.29, 0.717) is 13.1 Å². The summed E-state index contributed by atoms with van der Waals surface area (Å²) in [6.45, 7) is 8.44. The van der Waals surface area contributed by atoms with Gasteiger partial charge in [-0.05, 0) is 49.7 Å². The fraction of sp³-hybridized carbons (Fsp3) is 0.333. The summed E-state index contributed by atoms with van der Waals surface area (Å²) in [4.78, 5) is 27.8. The van der Waals surface area contributed by atoms with Gasteiger partial charge in [0.15, 0.2) is 0 Å². The Labute approximate surface area is 160 Å². The molecule has 2 aromatic carbocycles. The van der Waals surface area contributed by atoms with E-state index >= 15 is 0 Å². The van der Waals surface area contributed by atoms with Gasteiger partial charge < -0.3 is 20.4 Å². The molecule has 0 spiro atoms. The van der Waals surface area contributed by atoms with Crippen LogP contribution in [0.15, 0.2) is 42.5 Å². The van der Waals surface area contributed by atoms with Gasteiger partial charge in [0.05, 0.1) is 0 Å². The largest absolute Gasteiger partial charge is 0.368 e. The number of hydrogen-bond donors (Lipinski definition) is 2. The number of rotatable bonds is 3. The molecule has 0 atom stereocenters. The molecule has 3 amide bonds. The van der Waals surface area contributed by atoms with Crippen LogP contribution in [0.3, 0.4) is 0 Å². The van der Waals surface area contributed by atoms with Gasteiger partial charge in [-0.1, -0.05) is 17.7 Å². The lowest BCUT2D eigenvalue weighted by molar-refractivity contribution is -0.114. The van der Waals surface area contributed by atoms with Crippen LogP contribution in [0, 0.1) is 13.8 Å². The van der Waals surface area contributed by atoms with E-state index in [1.54, 1.807) is 0 Å².